The first-order valence-electron chi connectivity index (χ1n) is 7.51. The van der Waals surface area contributed by atoms with E-state index in [1.54, 1.807) is 7.11 Å². The van der Waals surface area contributed by atoms with E-state index in [1.165, 1.54) is 0 Å². The Morgan fingerprint density at radius 2 is 1.90 bits per heavy atom. The summed E-state index contributed by atoms with van der Waals surface area (Å²) in [6.07, 6.45) is 0.603. The molecular formula is C17H29NO2. The summed E-state index contributed by atoms with van der Waals surface area (Å²) in [4.78, 5) is 0. The van der Waals surface area contributed by atoms with Gasteiger partial charge < -0.3 is 15.2 Å². The Morgan fingerprint density at radius 1 is 1.20 bits per heavy atom. The molecule has 3 nitrogen and oxygen atoms in total. The molecule has 20 heavy (non-hydrogen) atoms. The van der Waals surface area contributed by atoms with Gasteiger partial charge in [0.05, 0.1) is 13.2 Å². The molecule has 1 aromatic rings. The van der Waals surface area contributed by atoms with Gasteiger partial charge in [-0.2, -0.15) is 0 Å². The molecule has 0 aromatic heterocycles. The Hall–Kier alpha value is -1.06. The summed E-state index contributed by atoms with van der Waals surface area (Å²) >= 11 is 0. The van der Waals surface area contributed by atoms with E-state index in [0.717, 1.165) is 24.3 Å². The number of benzene rings is 1. The average Bonchev–Trinajstić information content (AvgIpc) is 2.42. The van der Waals surface area contributed by atoms with Gasteiger partial charge in [-0.05, 0) is 42.5 Å². The molecule has 2 N–H and O–H groups in total. The van der Waals surface area contributed by atoms with Gasteiger partial charge in [0.25, 0.3) is 0 Å². The van der Waals surface area contributed by atoms with Crippen LogP contribution in [0.5, 0.6) is 5.75 Å². The topological polar surface area (TPSA) is 41.5 Å². The maximum atomic E-state index is 10.6. The summed E-state index contributed by atoms with van der Waals surface area (Å²) in [5.41, 5.74) is 0.903. The molecule has 0 aliphatic carbocycles. The third kappa shape index (κ3) is 5.14. The van der Waals surface area contributed by atoms with Crippen molar-refractivity contribution in [3.8, 4) is 5.75 Å². The molecule has 1 aromatic carbocycles. The molecule has 0 spiro atoms. The molecule has 0 fully saturated rings. The second kappa shape index (κ2) is 8.28. The third-order valence-electron chi connectivity index (χ3n) is 3.60. The van der Waals surface area contributed by atoms with Crippen LogP contribution in [0.2, 0.25) is 0 Å². The van der Waals surface area contributed by atoms with E-state index >= 15 is 0 Å². The zero-order chi connectivity index (χ0) is 15.1. The van der Waals surface area contributed by atoms with Crippen molar-refractivity contribution in [3.63, 3.8) is 0 Å². The van der Waals surface area contributed by atoms with Gasteiger partial charge in [-0.25, -0.2) is 0 Å². The Morgan fingerprint density at radius 3 is 2.45 bits per heavy atom. The fraction of sp³-hybridized carbons (Fsp3) is 0.647. The molecule has 1 rings (SSSR count). The zero-order valence-corrected chi connectivity index (χ0v) is 13.4. The number of hydrogen-bond donors (Lipinski definition) is 2. The number of aliphatic hydroxyl groups excluding tert-OH is 1. The molecule has 0 amide bonds. The van der Waals surface area contributed by atoms with E-state index in [9.17, 15) is 5.11 Å². The molecule has 0 saturated heterocycles. The summed E-state index contributed by atoms with van der Waals surface area (Å²) in [5, 5.41) is 14.1. The van der Waals surface area contributed by atoms with Gasteiger partial charge in [0.15, 0.2) is 0 Å². The van der Waals surface area contributed by atoms with Crippen molar-refractivity contribution in [2.75, 3.05) is 13.7 Å². The number of aliphatic hydroxyl groups is 1. The highest BCUT2D eigenvalue weighted by Crippen LogP contribution is 2.25. The summed E-state index contributed by atoms with van der Waals surface area (Å²) in [5.74, 6) is 1.82. The first-order chi connectivity index (χ1) is 9.45. The van der Waals surface area contributed by atoms with Gasteiger partial charge in [-0.1, -0.05) is 39.8 Å². The molecule has 0 saturated carbocycles. The Bertz CT molecular complexity index is 390. The molecule has 2 unspecified atom stereocenters. The Balaban J connectivity index is 2.74. The second-order valence-electron chi connectivity index (χ2n) is 6.13. The Kier molecular flexibility index (Phi) is 7.03. The van der Waals surface area contributed by atoms with Crippen molar-refractivity contribution in [2.24, 2.45) is 11.8 Å². The van der Waals surface area contributed by atoms with Gasteiger partial charge >= 0.3 is 0 Å². The SMILES string of the molecule is COc1cccc(C(O)C(NCCC(C)C)C(C)C)c1. The molecule has 0 aliphatic rings. The van der Waals surface area contributed by atoms with Crippen LogP contribution >= 0.6 is 0 Å². The molecule has 0 bridgehead atoms. The van der Waals surface area contributed by atoms with Crippen LogP contribution in [0.3, 0.4) is 0 Å². The van der Waals surface area contributed by atoms with Gasteiger partial charge in [0.2, 0.25) is 0 Å². The lowest BCUT2D eigenvalue weighted by atomic mass is 9.93. The average molecular weight is 279 g/mol. The first kappa shape index (κ1) is 17.0. The summed E-state index contributed by atoms with van der Waals surface area (Å²) in [7, 11) is 1.65. The van der Waals surface area contributed by atoms with Gasteiger partial charge in [-0.15, -0.1) is 0 Å². The summed E-state index contributed by atoms with van der Waals surface area (Å²) in [6, 6.07) is 7.73. The van der Waals surface area contributed by atoms with Crippen LogP contribution < -0.4 is 10.1 Å². The van der Waals surface area contributed by atoms with E-state index in [1.807, 2.05) is 24.3 Å². The molecule has 114 valence electrons. The second-order valence-corrected chi connectivity index (χ2v) is 6.13. The quantitative estimate of drug-likeness (QED) is 0.766. The predicted molar refractivity (Wildman–Crippen MR) is 84.0 cm³/mol. The van der Waals surface area contributed by atoms with E-state index < -0.39 is 6.10 Å². The number of methoxy groups -OCH3 is 1. The maximum absolute atomic E-state index is 10.6. The van der Waals surface area contributed by atoms with Crippen LogP contribution in [0, 0.1) is 11.8 Å². The van der Waals surface area contributed by atoms with Crippen molar-refractivity contribution in [3.05, 3.63) is 29.8 Å². The van der Waals surface area contributed by atoms with Crippen LogP contribution in [0.15, 0.2) is 24.3 Å². The fourth-order valence-electron chi connectivity index (χ4n) is 2.28. The molecule has 0 aliphatic heterocycles. The van der Waals surface area contributed by atoms with Crippen LogP contribution in [-0.2, 0) is 0 Å². The summed E-state index contributed by atoms with van der Waals surface area (Å²) < 4.78 is 5.23. The van der Waals surface area contributed by atoms with Crippen molar-refractivity contribution < 1.29 is 9.84 Å². The normalized spacial score (nSPS) is 14.6. The van der Waals surface area contributed by atoms with Crippen LogP contribution in [-0.4, -0.2) is 24.8 Å². The van der Waals surface area contributed by atoms with Crippen LogP contribution in [0.4, 0.5) is 0 Å². The van der Waals surface area contributed by atoms with Crippen molar-refractivity contribution in [1.29, 1.82) is 0 Å². The molecule has 0 heterocycles. The number of ether oxygens (including phenoxy) is 1. The van der Waals surface area contributed by atoms with E-state index in [2.05, 4.69) is 33.0 Å². The predicted octanol–water partition coefficient (Wildman–Crippen LogP) is 3.39. The lowest BCUT2D eigenvalue weighted by Crippen LogP contribution is -2.40. The van der Waals surface area contributed by atoms with E-state index in [-0.39, 0.29) is 6.04 Å². The zero-order valence-electron chi connectivity index (χ0n) is 13.4. The Labute approximate surface area is 123 Å². The van der Waals surface area contributed by atoms with Gasteiger partial charge in [0.1, 0.15) is 5.75 Å². The molecule has 0 radical (unpaired) electrons. The maximum Gasteiger partial charge on any atom is 0.119 e. The lowest BCUT2D eigenvalue weighted by molar-refractivity contribution is 0.104. The van der Waals surface area contributed by atoms with E-state index in [4.69, 9.17) is 4.74 Å². The lowest BCUT2D eigenvalue weighted by Gasteiger charge is -2.28. The van der Waals surface area contributed by atoms with Gasteiger partial charge in [0, 0.05) is 6.04 Å². The first-order valence-corrected chi connectivity index (χ1v) is 7.51. The van der Waals surface area contributed by atoms with Crippen molar-refractivity contribution >= 4 is 0 Å². The molecule has 2 atom stereocenters. The van der Waals surface area contributed by atoms with Gasteiger partial charge in [-0.3, -0.25) is 0 Å². The van der Waals surface area contributed by atoms with Crippen LogP contribution in [0.25, 0.3) is 0 Å². The number of hydrogen-bond acceptors (Lipinski definition) is 3. The minimum atomic E-state index is -0.516. The highest BCUT2D eigenvalue weighted by Gasteiger charge is 2.23. The van der Waals surface area contributed by atoms with Crippen molar-refractivity contribution in [2.45, 2.75) is 46.3 Å². The minimum absolute atomic E-state index is 0.0563. The van der Waals surface area contributed by atoms with Crippen LogP contribution in [0.1, 0.15) is 45.8 Å². The fourth-order valence-corrected chi connectivity index (χ4v) is 2.28. The highest BCUT2D eigenvalue weighted by atomic mass is 16.5. The standard InChI is InChI=1S/C17H29NO2/c1-12(2)9-10-18-16(13(3)4)17(19)14-7-6-8-15(11-14)20-5/h6-8,11-13,16-19H,9-10H2,1-5H3. The number of nitrogens with one attached hydrogen (secondary N) is 1. The van der Waals surface area contributed by atoms with E-state index in [0.29, 0.717) is 11.8 Å². The number of rotatable bonds is 8. The third-order valence-corrected chi connectivity index (χ3v) is 3.60. The smallest absolute Gasteiger partial charge is 0.119 e. The largest absolute Gasteiger partial charge is 0.497 e. The highest BCUT2D eigenvalue weighted by molar-refractivity contribution is 5.30. The molecule has 3 heteroatoms. The molecular weight excluding hydrogens is 250 g/mol. The minimum Gasteiger partial charge on any atom is -0.497 e. The monoisotopic (exact) mass is 279 g/mol. The van der Waals surface area contributed by atoms with Crippen molar-refractivity contribution in [1.82, 2.24) is 5.32 Å². The summed E-state index contributed by atoms with van der Waals surface area (Å²) in [6.45, 7) is 9.63.